The molecule has 4 rings (SSSR count). The molecule has 1 aliphatic rings. The maximum absolute atomic E-state index is 12.4. The lowest BCUT2D eigenvalue weighted by Gasteiger charge is -2.41. The second kappa shape index (κ2) is 16.3. The molecule has 1 aromatic heterocycles. The number of aromatic nitrogens is 1. The minimum absolute atomic E-state index is 0.0508. The highest BCUT2D eigenvalue weighted by Crippen LogP contribution is 2.43. The average molecular weight is 622 g/mol. The summed E-state index contributed by atoms with van der Waals surface area (Å²) in [5, 5.41) is 25.2. The molecule has 11 heteroatoms. The van der Waals surface area contributed by atoms with E-state index in [1.165, 1.54) is 24.8 Å². The maximum Gasteiger partial charge on any atom is 0.338 e. The summed E-state index contributed by atoms with van der Waals surface area (Å²) in [6.45, 7) is 4.09. The Morgan fingerprint density at radius 1 is 0.955 bits per heavy atom. The Hall–Kier alpha value is -3.77. The van der Waals surface area contributed by atoms with Crippen molar-refractivity contribution in [1.29, 1.82) is 0 Å². The van der Waals surface area contributed by atoms with Crippen LogP contribution in [0.1, 0.15) is 79.0 Å². The molecule has 1 aliphatic heterocycles. The van der Waals surface area contributed by atoms with Gasteiger partial charge in [0.25, 0.3) is 0 Å². The van der Waals surface area contributed by atoms with Gasteiger partial charge in [0.15, 0.2) is 6.29 Å². The second-order valence-corrected chi connectivity index (χ2v) is 11.8. The van der Waals surface area contributed by atoms with Gasteiger partial charge in [0.05, 0.1) is 24.4 Å². The monoisotopic (exact) mass is 621 g/mol. The van der Waals surface area contributed by atoms with E-state index in [1.54, 1.807) is 12.3 Å². The summed E-state index contributed by atoms with van der Waals surface area (Å²) in [4.78, 5) is 39.4. The van der Waals surface area contributed by atoms with E-state index in [4.69, 9.17) is 9.47 Å². The van der Waals surface area contributed by atoms with Crippen molar-refractivity contribution in [2.75, 3.05) is 17.6 Å². The van der Waals surface area contributed by atoms with Crippen molar-refractivity contribution in [3.63, 3.8) is 0 Å². The van der Waals surface area contributed by atoms with Crippen LogP contribution >= 0.6 is 11.8 Å². The van der Waals surface area contributed by atoms with Crippen molar-refractivity contribution < 1.29 is 34.1 Å². The molecular formula is C33H39N3O7S. The molecule has 0 bridgehead atoms. The van der Waals surface area contributed by atoms with Gasteiger partial charge in [-0.25, -0.2) is 9.78 Å². The maximum atomic E-state index is 12.4. The predicted molar refractivity (Wildman–Crippen MR) is 167 cm³/mol. The number of carboxylic acids is 1. The van der Waals surface area contributed by atoms with Crippen LogP contribution in [0.2, 0.25) is 0 Å². The van der Waals surface area contributed by atoms with Crippen molar-refractivity contribution in [2.45, 2.75) is 69.7 Å². The molecule has 2 amide bonds. The fourth-order valence-electron chi connectivity index (χ4n) is 4.94. The van der Waals surface area contributed by atoms with E-state index in [1.807, 2.05) is 55.5 Å². The van der Waals surface area contributed by atoms with Crippen LogP contribution in [0.25, 0.3) is 0 Å². The smallest absolute Gasteiger partial charge is 0.338 e. The number of aliphatic hydroxyl groups is 1. The minimum Gasteiger partial charge on any atom is -0.478 e. The molecule has 10 nitrogen and oxygen atoms in total. The van der Waals surface area contributed by atoms with Gasteiger partial charge in [-0.2, -0.15) is 0 Å². The van der Waals surface area contributed by atoms with E-state index < -0.39 is 12.3 Å². The Bertz CT molecular complexity index is 1400. The number of benzene rings is 2. The number of carbonyl (C=O) groups is 3. The van der Waals surface area contributed by atoms with Crippen molar-refractivity contribution in [3.05, 3.63) is 89.1 Å². The lowest BCUT2D eigenvalue weighted by molar-refractivity contribution is -0.268. The molecular weight excluding hydrogens is 582 g/mol. The fourth-order valence-corrected chi connectivity index (χ4v) is 6.09. The normalized spacial score (nSPS) is 19.7. The largest absolute Gasteiger partial charge is 0.478 e. The van der Waals surface area contributed by atoms with E-state index in [0.29, 0.717) is 29.4 Å². The van der Waals surface area contributed by atoms with Crippen molar-refractivity contribution in [2.24, 2.45) is 5.92 Å². The molecule has 0 radical (unpaired) electrons. The Morgan fingerprint density at radius 3 is 2.36 bits per heavy atom. The number of carbonyl (C=O) groups excluding carboxylic acids is 2. The van der Waals surface area contributed by atoms with Gasteiger partial charge in [-0.05, 0) is 48.2 Å². The summed E-state index contributed by atoms with van der Waals surface area (Å²) in [5.41, 5.74) is 3.34. The van der Waals surface area contributed by atoms with Crippen molar-refractivity contribution in [3.8, 4) is 0 Å². The summed E-state index contributed by atoms with van der Waals surface area (Å²) < 4.78 is 12.9. The molecule has 0 spiro atoms. The van der Waals surface area contributed by atoms with Crippen LogP contribution in [0.5, 0.6) is 0 Å². The third-order valence-electron chi connectivity index (χ3n) is 7.43. The highest BCUT2D eigenvalue weighted by molar-refractivity contribution is 7.99. The topological polar surface area (TPSA) is 147 Å². The van der Waals surface area contributed by atoms with Gasteiger partial charge in [-0.15, -0.1) is 11.8 Å². The van der Waals surface area contributed by atoms with E-state index >= 15 is 0 Å². The molecule has 4 N–H and O–H groups in total. The first kappa shape index (κ1) is 33.1. The third-order valence-corrected chi connectivity index (χ3v) is 8.52. The zero-order chi connectivity index (χ0) is 31.5. The first-order valence-electron chi connectivity index (χ1n) is 14.7. The Morgan fingerprint density at radius 2 is 1.68 bits per heavy atom. The summed E-state index contributed by atoms with van der Waals surface area (Å²) in [5.74, 6) is -0.772. The summed E-state index contributed by atoms with van der Waals surface area (Å²) in [7, 11) is 0. The number of nitrogens with zero attached hydrogens (tertiary/aromatic N) is 1. The lowest BCUT2D eigenvalue weighted by atomic mass is 9.91. The van der Waals surface area contributed by atoms with Gasteiger partial charge in [-0.3, -0.25) is 9.59 Å². The minimum atomic E-state index is -1.03. The summed E-state index contributed by atoms with van der Waals surface area (Å²) >= 11 is 1.34. The van der Waals surface area contributed by atoms with Crippen molar-refractivity contribution in [1.82, 2.24) is 10.3 Å². The number of aliphatic hydroxyl groups excluding tert-OH is 1. The standard InChI is InChI=1S/C33H39N3O7S/c1-21-28(20-44-31-27(32(40)41)7-6-18-35-31)42-33(43-30(21)24-11-9-23(19-37)10-12-24)25-13-15-26(16-14-25)36-29(39)8-4-3-5-17-34-22(2)38/h6-7,9-16,18,21,28,30,33,37H,3-5,8,17,19-20H2,1-2H3,(H,34,38)(H,36,39)(H,40,41)/t21-,28+,30+,33+/m1/s1. The van der Waals surface area contributed by atoms with Crippen LogP contribution in [0.4, 0.5) is 5.69 Å². The third kappa shape index (κ3) is 9.36. The number of hydrogen-bond acceptors (Lipinski definition) is 8. The van der Waals surface area contributed by atoms with Gasteiger partial charge in [0.2, 0.25) is 11.8 Å². The number of pyridine rings is 1. The number of amides is 2. The molecule has 4 atom stereocenters. The van der Waals surface area contributed by atoms with Crippen LogP contribution in [-0.2, 0) is 25.7 Å². The zero-order valence-corrected chi connectivity index (χ0v) is 25.7. The number of rotatable bonds is 14. The zero-order valence-electron chi connectivity index (χ0n) is 24.9. The number of carboxylic acid groups (broad SMARTS) is 1. The molecule has 2 heterocycles. The fraction of sp³-hybridized carbons (Fsp3) is 0.394. The van der Waals surface area contributed by atoms with Crippen molar-refractivity contribution >= 4 is 35.2 Å². The van der Waals surface area contributed by atoms with Crippen LogP contribution in [0, 0.1) is 5.92 Å². The van der Waals surface area contributed by atoms with Crippen LogP contribution in [0.15, 0.2) is 71.9 Å². The van der Waals surface area contributed by atoms with Crippen LogP contribution in [0.3, 0.4) is 0 Å². The van der Waals surface area contributed by atoms with Gasteiger partial charge in [-0.1, -0.05) is 49.7 Å². The SMILES string of the molecule is CC(=O)NCCCCCC(=O)Nc1ccc([C@H]2O[C@@H](CSc3ncccc3C(=O)O)[C@@H](C)[C@@H](c3ccc(CO)cc3)O2)cc1. The van der Waals surface area contributed by atoms with Gasteiger partial charge in [0.1, 0.15) is 5.03 Å². The van der Waals surface area contributed by atoms with Gasteiger partial charge < -0.3 is 30.3 Å². The number of aromatic carboxylic acids is 1. The van der Waals surface area contributed by atoms with E-state index in [0.717, 1.165) is 36.0 Å². The number of unbranched alkanes of at least 4 members (excludes halogenated alkanes) is 2. The van der Waals surface area contributed by atoms with E-state index in [9.17, 15) is 24.6 Å². The van der Waals surface area contributed by atoms with E-state index in [-0.39, 0.29) is 42.1 Å². The van der Waals surface area contributed by atoms with Crippen LogP contribution < -0.4 is 10.6 Å². The predicted octanol–water partition coefficient (Wildman–Crippen LogP) is 5.49. The van der Waals surface area contributed by atoms with Gasteiger partial charge in [0, 0.05) is 49.0 Å². The second-order valence-electron chi connectivity index (χ2n) is 10.8. The molecule has 0 unspecified atom stereocenters. The Labute approximate surface area is 261 Å². The molecule has 0 saturated carbocycles. The van der Waals surface area contributed by atoms with Gasteiger partial charge >= 0.3 is 5.97 Å². The van der Waals surface area contributed by atoms with E-state index in [2.05, 4.69) is 15.6 Å². The summed E-state index contributed by atoms with van der Waals surface area (Å²) in [6, 6.07) is 18.1. The molecule has 234 valence electrons. The van der Waals surface area contributed by atoms with Crippen LogP contribution in [-0.4, -0.2) is 51.4 Å². The number of hydrogen-bond donors (Lipinski definition) is 4. The molecule has 3 aromatic rings. The summed E-state index contributed by atoms with van der Waals surface area (Å²) in [6.07, 6.45) is 3.07. The number of anilines is 1. The first-order valence-corrected chi connectivity index (χ1v) is 15.7. The highest BCUT2D eigenvalue weighted by atomic mass is 32.2. The number of ether oxygens (including phenoxy) is 2. The molecule has 44 heavy (non-hydrogen) atoms. The highest BCUT2D eigenvalue weighted by Gasteiger charge is 2.38. The Kier molecular flexibility index (Phi) is 12.3. The Balaban J connectivity index is 1.43. The lowest BCUT2D eigenvalue weighted by Crippen LogP contribution is -2.38. The molecule has 2 aromatic carbocycles. The average Bonchev–Trinajstić information content (AvgIpc) is 3.02. The number of thioether (sulfide) groups is 1. The quantitative estimate of drug-likeness (QED) is 0.135. The first-order chi connectivity index (χ1) is 21.2. The molecule has 1 saturated heterocycles. The molecule has 0 aliphatic carbocycles. The number of nitrogens with one attached hydrogen (secondary N) is 2. The molecule has 1 fully saturated rings.